The van der Waals surface area contributed by atoms with Crippen molar-refractivity contribution in [2.45, 2.75) is 46.1 Å². The van der Waals surface area contributed by atoms with Gasteiger partial charge in [-0.05, 0) is 42.7 Å². The van der Waals surface area contributed by atoms with Gasteiger partial charge in [0.15, 0.2) is 5.76 Å². The largest absolute Gasteiger partial charge is 0.459 e. The molecule has 3 atom stereocenters. The molecule has 2 aliphatic rings. The van der Waals surface area contributed by atoms with Crippen molar-refractivity contribution in [2.75, 3.05) is 32.8 Å². The van der Waals surface area contributed by atoms with Gasteiger partial charge in [0.1, 0.15) is 6.61 Å². The second-order valence-electron chi connectivity index (χ2n) is 8.33. The van der Waals surface area contributed by atoms with Crippen LogP contribution in [0.4, 0.5) is 0 Å². The fraction of sp³-hybridized carbons (Fsp3) is 0.714. The zero-order valence-electron chi connectivity index (χ0n) is 16.7. The van der Waals surface area contributed by atoms with Crippen LogP contribution in [-0.2, 0) is 9.53 Å². The molecule has 1 saturated carbocycles. The molecular formula is C21H32N2O4. The number of piperazine rings is 1. The first-order chi connectivity index (χ1) is 13.0. The molecule has 6 heteroatoms. The number of hydrogen-bond donors (Lipinski definition) is 0. The van der Waals surface area contributed by atoms with Gasteiger partial charge in [0, 0.05) is 26.2 Å². The van der Waals surface area contributed by atoms with Crippen LogP contribution in [0.2, 0.25) is 0 Å². The van der Waals surface area contributed by atoms with E-state index in [-0.39, 0.29) is 24.5 Å². The number of hydrogen-bond acceptors (Lipinski definition) is 4. The predicted molar refractivity (Wildman–Crippen MR) is 102 cm³/mol. The molecule has 0 unspecified atom stereocenters. The van der Waals surface area contributed by atoms with Crippen molar-refractivity contribution in [1.29, 1.82) is 0 Å². The summed E-state index contributed by atoms with van der Waals surface area (Å²) >= 11 is 0. The highest BCUT2D eigenvalue weighted by Gasteiger charge is 2.32. The van der Waals surface area contributed by atoms with Crippen molar-refractivity contribution in [2.24, 2.45) is 17.8 Å². The van der Waals surface area contributed by atoms with Crippen LogP contribution in [0.3, 0.4) is 0 Å². The van der Waals surface area contributed by atoms with Gasteiger partial charge in [-0.15, -0.1) is 0 Å². The van der Waals surface area contributed by atoms with Crippen LogP contribution in [0.15, 0.2) is 22.8 Å². The molecule has 150 valence electrons. The van der Waals surface area contributed by atoms with E-state index >= 15 is 0 Å². The Morgan fingerprint density at radius 1 is 1.19 bits per heavy atom. The number of rotatable bonds is 5. The lowest BCUT2D eigenvalue weighted by atomic mass is 9.75. The first-order valence-corrected chi connectivity index (χ1v) is 10.2. The maximum atomic E-state index is 12.6. The van der Waals surface area contributed by atoms with Gasteiger partial charge >= 0.3 is 0 Å². The van der Waals surface area contributed by atoms with E-state index in [2.05, 4.69) is 20.8 Å². The van der Waals surface area contributed by atoms with E-state index < -0.39 is 0 Å². The molecule has 0 spiro atoms. The minimum Gasteiger partial charge on any atom is -0.459 e. The first-order valence-electron chi connectivity index (χ1n) is 10.2. The monoisotopic (exact) mass is 376 g/mol. The molecule has 1 aliphatic heterocycles. The zero-order chi connectivity index (χ0) is 19.4. The molecule has 1 aromatic rings. The molecule has 6 nitrogen and oxygen atoms in total. The van der Waals surface area contributed by atoms with Crippen molar-refractivity contribution in [1.82, 2.24) is 9.80 Å². The highest BCUT2D eigenvalue weighted by Crippen LogP contribution is 2.35. The Hall–Kier alpha value is -1.82. The van der Waals surface area contributed by atoms with Crippen molar-refractivity contribution in [3.8, 4) is 0 Å². The lowest BCUT2D eigenvalue weighted by Gasteiger charge is -2.38. The third kappa shape index (κ3) is 4.92. The zero-order valence-corrected chi connectivity index (χ0v) is 16.7. The summed E-state index contributed by atoms with van der Waals surface area (Å²) in [5.41, 5.74) is 0. The Morgan fingerprint density at radius 3 is 2.52 bits per heavy atom. The van der Waals surface area contributed by atoms with Gasteiger partial charge in [0.2, 0.25) is 5.91 Å². The summed E-state index contributed by atoms with van der Waals surface area (Å²) in [6.07, 6.45) is 5.16. The minimum absolute atomic E-state index is 0.0285. The van der Waals surface area contributed by atoms with E-state index in [1.54, 1.807) is 17.0 Å². The quantitative estimate of drug-likeness (QED) is 0.792. The Kier molecular flexibility index (Phi) is 6.58. The summed E-state index contributed by atoms with van der Waals surface area (Å²) in [4.78, 5) is 28.4. The summed E-state index contributed by atoms with van der Waals surface area (Å²) in [6, 6.07) is 3.38. The Morgan fingerprint density at radius 2 is 1.89 bits per heavy atom. The molecule has 1 aromatic heterocycles. The van der Waals surface area contributed by atoms with E-state index in [9.17, 15) is 9.59 Å². The number of nitrogens with zero attached hydrogens (tertiary/aromatic N) is 2. The second kappa shape index (κ2) is 8.91. The molecule has 1 saturated heterocycles. The van der Waals surface area contributed by atoms with Gasteiger partial charge < -0.3 is 19.0 Å². The number of amides is 2. The third-order valence-corrected chi connectivity index (χ3v) is 6.03. The molecule has 2 heterocycles. The van der Waals surface area contributed by atoms with Gasteiger partial charge in [-0.1, -0.05) is 27.2 Å². The fourth-order valence-corrected chi connectivity index (χ4v) is 4.29. The topological polar surface area (TPSA) is 63.0 Å². The standard InChI is InChI=1S/C21H32N2O4/c1-15(2)17-7-6-16(3)13-19(17)27-14-20(24)22-8-10-23(11-9-22)21(25)18-5-4-12-26-18/h4-5,12,15-17,19H,6-11,13-14H2,1-3H3/t16-,17+,19-/m0/s1. The van der Waals surface area contributed by atoms with E-state index in [1.807, 2.05) is 4.90 Å². The number of carbonyl (C=O) groups excluding carboxylic acids is 2. The molecule has 0 radical (unpaired) electrons. The van der Waals surface area contributed by atoms with Crippen LogP contribution in [-0.4, -0.2) is 60.5 Å². The van der Waals surface area contributed by atoms with Crippen molar-refractivity contribution < 1.29 is 18.7 Å². The van der Waals surface area contributed by atoms with E-state index in [0.29, 0.717) is 49.7 Å². The van der Waals surface area contributed by atoms with Crippen LogP contribution < -0.4 is 0 Å². The minimum atomic E-state index is -0.112. The summed E-state index contributed by atoms with van der Waals surface area (Å²) in [6.45, 7) is 9.05. The van der Waals surface area contributed by atoms with Gasteiger partial charge in [0.05, 0.1) is 12.4 Å². The first kappa shape index (κ1) is 19.9. The summed E-state index contributed by atoms with van der Waals surface area (Å²) in [5, 5.41) is 0. The van der Waals surface area contributed by atoms with Crippen molar-refractivity contribution in [3.05, 3.63) is 24.2 Å². The highest BCUT2D eigenvalue weighted by molar-refractivity contribution is 5.91. The lowest BCUT2D eigenvalue weighted by molar-refractivity contribution is -0.143. The van der Waals surface area contributed by atoms with Gasteiger partial charge in [-0.2, -0.15) is 0 Å². The maximum Gasteiger partial charge on any atom is 0.289 e. The number of carbonyl (C=O) groups is 2. The lowest BCUT2D eigenvalue weighted by Crippen LogP contribution is -2.51. The molecule has 2 fully saturated rings. The maximum absolute atomic E-state index is 12.6. The van der Waals surface area contributed by atoms with Crippen LogP contribution in [0, 0.1) is 17.8 Å². The smallest absolute Gasteiger partial charge is 0.289 e. The van der Waals surface area contributed by atoms with E-state index in [4.69, 9.17) is 9.15 Å². The van der Waals surface area contributed by atoms with Gasteiger partial charge in [-0.25, -0.2) is 0 Å². The van der Waals surface area contributed by atoms with E-state index in [1.165, 1.54) is 19.1 Å². The van der Waals surface area contributed by atoms with Crippen LogP contribution in [0.25, 0.3) is 0 Å². The normalized spacial score (nSPS) is 26.4. The average molecular weight is 376 g/mol. The van der Waals surface area contributed by atoms with Gasteiger partial charge in [0.25, 0.3) is 5.91 Å². The SMILES string of the molecule is CC(C)[C@H]1CC[C@H](C)C[C@@H]1OCC(=O)N1CCN(C(=O)c2ccco2)CC1. The number of furan rings is 1. The third-order valence-electron chi connectivity index (χ3n) is 6.03. The predicted octanol–water partition coefficient (Wildman–Crippen LogP) is 3.04. The molecule has 27 heavy (non-hydrogen) atoms. The molecule has 3 rings (SSSR count). The fourth-order valence-electron chi connectivity index (χ4n) is 4.29. The highest BCUT2D eigenvalue weighted by atomic mass is 16.5. The number of ether oxygens (including phenoxy) is 1. The van der Waals surface area contributed by atoms with Crippen LogP contribution in [0.5, 0.6) is 0 Å². The van der Waals surface area contributed by atoms with Crippen LogP contribution >= 0.6 is 0 Å². The van der Waals surface area contributed by atoms with Crippen LogP contribution in [0.1, 0.15) is 50.6 Å². The Bertz CT molecular complexity index is 620. The average Bonchev–Trinajstić information content (AvgIpc) is 3.20. The molecular weight excluding hydrogens is 344 g/mol. The molecule has 2 amide bonds. The van der Waals surface area contributed by atoms with Crippen molar-refractivity contribution in [3.63, 3.8) is 0 Å². The Balaban J connectivity index is 1.46. The van der Waals surface area contributed by atoms with E-state index in [0.717, 1.165) is 6.42 Å². The molecule has 1 aliphatic carbocycles. The summed E-state index contributed by atoms with van der Waals surface area (Å²) < 4.78 is 11.3. The molecule has 0 N–H and O–H groups in total. The molecule has 0 aromatic carbocycles. The Labute approximate surface area is 161 Å². The molecule has 0 bridgehead atoms. The summed E-state index contributed by atoms with van der Waals surface area (Å²) in [7, 11) is 0. The van der Waals surface area contributed by atoms with Gasteiger partial charge in [-0.3, -0.25) is 9.59 Å². The van der Waals surface area contributed by atoms with Crippen molar-refractivity contribution >= 4 is 11.8 Å². The summed E-state index contributed by atoms with van der Waals surface area (Å²) in [5.74, 6) is 2.05. The second-order valence-corrected chi connectivity index (χ2v) is 8.33.